The summed E-state index contributed by atoms with van der Waals surface area (Å²) in [6, 6.07) is 11.5. The van der Waals surface area contributed by atoms with Gasteiger partial charge < -0.3 is 10.6 Å². The van der Waals surface area contributed by atoms with E-state index in [1.165, 1.54) is 17.8 Å². The van der Waals surface area contributed by atoms with E-state index in [9.17, 15) is 19.2 Å². The van der Waals surface area contributed by atoms with Gasteiger partial charge in [-0.1, -0.05) is 29.8 Å². The third-order valence-corrected chi connectivity index (χ3v) is 7.24. The highest BCUT2D eigenvalue weighted by Gasteiger charge is 2.23. The fraction of sp³-hybridized carbons (Fsp3) is 0.222. The fourth-order valence-electron chi connectivity index (χ4n) is 3.95. The molecule has 184 valence electrons. The summed E-state index contributed by atoms with van der Waals surface area (Å²) in [4.78, 5) is 56.1. The van der Waals surface area contributed by atoms with E-state index in [2.05, 4.69) is 15.6 Å². The summed E-state index contributed by atoms with van der Waals surface area (Å²) >= 11 is 1.14. The van der Waals surface area contributed by atoms with Crippen LogP contribution in [-0.4, -0.2) is 27.1 Å². The maximum Gasteiger partial charge on any atom is 0.266 e. The third kappa shape index (κ3) is 4.83. The number of Topliss-reactive ketones (excluding diaryl/α,β-unsaturated/α-hetero) is 1. The zero-order valence-corrected chi connectivity index (χ0v) is 21.4. The van der Waals surface area contributed by atoms with Gasteiger partial charge in [-0.2, -0.15) is 0 Å². The van der Waals surface area contributed by atoms with Gasteiger partial charge in [0.15, 0.2) is 5.78 Å². The van der Waals surface area contributed by atoms with Crippen LogP contribution in [-0.2, 0) is 4.79 Å². The average Bonchev–Trinajstić information content (AvgIpc) is 3.18. The number of aryl methyl sites for hydroxylation is 3. The number of anilines is 2. The highest BCUT2D eigenvalue weighted by molar-refractivity contribution is 7.20. The molecule has 1 unspecified atom stereocenters. The van der Waals surface area contributed by atoms with Gasteiger partial charge in [-0.25, -0.2) is 4.98 Å². The van der Waals surface area contributed by atoms with Crippen LogP contribution in [0.15, 0.2) is 53.6 Å². The van der Waals surface area contributed by atoms with E-state index >= 15 is 0 Å². The van der Waals surface area contributed by atoms with Crippen LogP contribution in [0.4, 0.5) is 11.4 Å². The Kier molecular flexibility index (Phi) is 6.85. The molecule has 2 N–H and O–H groups in total. The first-order chi connectivity index (χ1) is 17.1. The summed E-state index contributed by atoms with van der Waals surface area (Å²) in [5.41, 5.74) is 3.78. The molecule has 0 spiro atoms. The number of amides is 2. The number of thiophene rings is 1. The van der Waals surface area contributed by atoms with Crippen molar-refractivity contribution in [3.05, 3.63) is 86.3 Å². The Bertz CT molecular complexity index is 1580. The number of fused-ring (bicyclic) bond motifs is 1. The number of benzene rings is 2. The molecular formula is C27H26N4O4S. The normalized spacial score (nSPS) is 11.8. The van der Waals surface area contributed by atoms with Gasteiger partial charge in [0.2, 0.25) is 5.91 Å². The number of carbonyl (C=O) groups is 3. The lowest BCUT2D eigenvalue weighted by Crippen LogP contribution is -2.31. The van der Waals surface area contributed by atoms with Crippen molar-refractivity contribution in [2.45, 2.75) is 40.7 Å². The first-order valence-electron chi connectivity index (χ1n) is 11.4. The van der Waals surface area contributed by atoms with Gasteiger partial charge in [-0.3, -0.25) is 23.7 Å². The van der Waals surface area contributed by atoms with Crippen LogP contribution in [0.25, 0.3) is 10.2 Å². The lowest BCUT2D eigenvalue weighted by atomic mass is 10.1. The molecule has 0 bridgehead atoms. The molecule has 0 radical (unpaired) electrons. The largest absolute Gasteiger partial charge is 0.324 e. The zero-order valence-electron chi connectivity index (χ0n) is 20.6. The van der Waals surface area contributed by atoms with Crippen molar-refractivity contribution in [2.24, 2.45) is 0 Å². The number of nitrogens with one attached hydrogen (secondary N) is 2. The molecule has 0 aliphatic rings. The molecule has 0 saturated heterocycles. The minimum Gasteiger partial charge on any atom is -0.324 e. The molecule has 2 amide bonds. The van der Waals surface area contributed by atoms with Gasteiger partial charge in [-0.05, 0) is 63.9 Å². The highest BCUT2D eigenvalue weighted by atomic mass is 32.1. The number of carbonyl (C=O) groups excluding carboxylic acids is 3. The summed E-state index contributed by atoms with van der Waals surface area (Å²) in [7, 11) is 0. The minimum absolute atomic E-state index is 0.115. The SMILES string of the molecule is CC(=O)c1cccc(NC(=O)C(C)n2cnc3sc(C(=O)Nc4ccc(C)cc4C)c(C)c3c2=O)c1. The Morgan fingerprint density at radius 2 is 1.78 bits per heavy atom. The van der Waals surface area contributed by atoms with Crippen molar-refractivity contribution in [3.8, 4) is 0 Å². The van der Waals surface area contributed by atoms with Crippen molar-refractivity contribution in [3.63, 3.8) is 0 Å². The van der Waals surface area contributed by atoms with Crippen LogP contribution in [0, 0.1) is 20.8 Å². The zero-order chi connectivity index (χ0) is 26.1. The lowest BCUT2D eigenvalue weighted by Gasteiger charge is -2.15. The van der Waals surface area contributed by atoms with Crippen molar-refractivity contribution in [1.82, 2.24) is 9.55 Å². The van der Waals surface area contributed by atoms with Gasteiger partial charge in [0, 0.05) is 16.9 Å². The summed E-state index contributed by atoms with van der Waals surface area (Å²) < 4.78 is 1.25. The molecule has 8 nitrogen and oxygen atoms in total. The van der Waals surface area contributed by atoms with Gasteiger partial charge in [0.1, 0.15) is 10.9 Å². The summed E-state index contributed by atoms with van der Waals surface area (Å²) in [6.45, 7) is 8.65. The molecule has 4 aromatic rings. The van der Waals surface area contributed by atoms with Crippen LogP contribution in [0.3, 0.4) is 0 Å². The van der Waals surface area contributed by atoms with E-state index < -0.39 is 17.5 Å². The summed E-state index contributed by atoms with van der Waals surface area (Å²) in [5, 5.41) is 5.97. The van der Waals surface area contributed by atoms with E-state index in [0.29, 0.717) is 37.6 Å². The number of ketones is 1. The smallest absolute Gasteiger partial charge is 0.266 e. The van der Waals surface area contributed by atoms with Crippen LogP contribution >= 0.6 is 11.3 Å². The molecule has 2 aromatic heterocycles. The quantitative estimate of drug-likeness (QED) is 0.359. The molecule has 0 aliphatic carbocycles. The molecule has 0 saturated carbocycles. The van der Waals surface area contributed by atoms with Gasteiger partial charge in [0.25, 0.3) is 11.5 Å². The van der Waals surface area contributed by atoms with E-state index in [-0.39, 0.29) is 11.7 Å². The number of aromatic nitrogens is 2. The molecule has 0 fully saturated rings. The first kappa shape index (κ1) is 25.0. The Labute approximate surface area is 212 Å². The minimum atomic E-state index is -0.873. The van der Waals surface area contributed by atoms with Crippen LogP contribution in [0.1, 0.15) is 56.6 Å². The number of nitrogens with zero attached hydrogens (tertiary/aromatic N) is 2. The number of hydrogen-bond donors (Lipinski definition) is 2. The Morgan fingerprint density at radius 1 is 1.03 bits per heavy atom. The molecule has 36 heavy (non-hydrogen) atoms. The van der Waals surface area contributed by atoms with Crippen molar-refractivity contribution in [2.75, 3.05) is 10.6 Å². The van der Waals surface area contributed by atoms with E-state index in [1.807, 2.05) is 32.0 Å². The summed E-state index contributed by atoms with van der Waals surface area (Å²) in [6.07, 6.45) is 1.32. The van der Waals surface area contributed by atoms with Crippen LogP contribution in [0.5, 0.6) is 0 Å². The second-order valence-corrected chi connectivity index (χ2v) is 9.77. The van der Waals surface area contributed by atoms with Gasteiger partial charge in [0.05, 0.1) is 16.6 Å². The Morgan fingerprint density at radius 3 is 2.47 bits per heavy atom. The third-order valence-electron chi connectivity index (χ3n) is 6.05. The van der Waals surface area contributed by atoms with Crippen molar-refractivity contribution >= 4 is 50.5 Å². The van der Waals surface area contributed by atoms with Gasteiger partial charge >= 0.3 is 0 Å². The van der Waals surface area contributed by atoms with Crippen LogP contribution in [0.2, 0.25) is 0 Å². The topological polar surface area (TPSA) is 110 Å². The second-order valence-electron chi connectivity index (χ2n) is 8.77. The van der Waals surface area contributed by atoms with E-state index in [0.717, 1.165) is 22.5 Å². The predicted molar refractivity (Wildman–Crippen MR) is 142 cm³/mol. The maximum atomic E-state index is 13.4. The molecular weight excluding hydrogens is 476 g/mol. The Hall–Kier alpha value is -4.11. The summed E-state index contributed by atoms with van der Waals surface area (Å²) in [5.74, 6) is -0.862. The molecule has 2 aromatic carbocycles. The fourth-order valence-corrected chi connectivity index (χ4v) is 4.99. The average molecular weight is 503 g/mol. The van der Waals surface area contributed by atoms with Crippen LogP contribution < -0.4 is 16.2 Å². The Balaban J connectivity index is 1.62. The first-order valence-corrected chi connectivity index (χ1v) is 12.2. The molecule has 9 heteroatoms. The predicted octanol–water partition coefficient (Wildman–Crippen LogP) is 5.04. The van der Waals surface area contributed by atoms with E-state index in [1.54, 1.807) is 38.1 Å². The molecule has 4 rings (SSSR count). The van der Waals surface area contributed by atoms with Crippen molar-refractivity contribution < 1.29 is 14.4 Å². The monoisotopic (exact) mass is 502 g/mol. The highest BCUT2D eigenvalue weighted by Crippen LogP contribution is 2.28. The molecule has 0 aliphatic heterocycles. The standard InChI is InChI=1S/C27H26N4O4S/c1-14-9-10-21(15(2)11-14)30-25(34)23-16(3)22-26(36-23)28-13-31(27(22)35)17(4)24(33)29-20-8-6-7-19(12-20)18(5)32/h6-13,17H,1-5H3,(H,29,33)(H,30,34). The lowest BCUT2D eigenvalue weighted by molar-refractivity contribution is -0.118. The molecule has 1 atom stereocenters. The second kappa shape index (κ2) is 9.87. The van der Waals surface area contributed by atoms with E-state index in [4.69, 9.17) is 0 Å². The van der Waals surface area contributed by atoms with Crippen molar-refractivity contribution in [1.29, 1.82) is 0 Å². The maximum absolute atomic E-state index is 13.4. The van der Waals surface area contributed by atoms with Gasteiger partial charge in [-0.15, -0.1) is 11.3 Å². The number of rotatable bonds is 6. The number of hydrogen-bond acceptors (Lipinski definition) is 6. The molecule has 2 heterocycles.